The highest BCUT2D eigenvalue weighted by molar-refractivity contribution is 6.38. The number of pyridine rings is 1. The lowest BCUT2D eigenvalue weighted by Gasteiger charge is -2.38. The first kappa shape index (κ1) is 53.2. The summed E-state index contributed by atoms with van der Waals surface area (Å²) in [5.41, 5.74) is 0.963. The second-order valence-corrected chi connectivity index (χ2v) is 22.7. The molecule has 0 radical (unpaired) electrons. The van der Waals surface area contributed by atoms with Crippen LogP contribution in [-0.4, -0.2) is 116 Å². The lowest BCUT2D eigenvalue weighted by Crippen LogP contribution is -2.62. The highest BCUT2D eigenvalue weighted by atomic mass is 16.2. The minimum Gasteiger partial charge on any atom is -0.347 e. The summed E-state index contributed by atoms with van der Waals surface area (Å²) >= 11 is 0. The van der Waals surface area contributed by atoms with Gasteiger partial charge in [-0.05, 0) is 112 Å². The molecule has 19 nitrogen and oxygen atoms in total. The van der Waals surface area contributed by atoms with E-state index in [0.717, 1.165) is 88.4 Å². The van der Waals surface area contributed by atoms with Gasteiger partial charge in [0.05, 0.1) is 17.9 Å². The van der Waals surface area contributed by atoms with Gasteiger partial charge in [0, 0.05) is 36.8 Å². The summed E-state index contributed by atoms with van der Waals surface area (Å²) in [4.78, 5) is 136. The summed E-state index contributed by atoms with van der Waals surface area (Å²) in [6, 6.07) is 0.511. The van der Waals surface area contributed by atoms with Crippen molar-refractivity contribution in [1.29, 1.82) is 0 Å². The minimum atomic E-state index is -1.06. The standard InChI is InChI=1S/C54H74N10O9/c1-5-12-37(45(66)52(72)58-34-21-22-34)59-51(71)44-36-19-10-17-33(36)29-64(44)53(73)46(54(2,3)4)63-50(70)43(31-14-7-6-8-15-31)62-49(69)41-28-55-40(27-56-41)32-16-9-13-30(25-32)26-35-18-11-20-38(57-35)47(67)60-39-23-24-42(65)61-48(39)68/h11,18,20,27-28,30-34,36-37,39,43-44,46H,5-10,12-17,19,21-26,29H2,1-4H3,(H,58,72)(H,59,71)(H,60,67)(H,62,69)(H,63,70)(H,61,65,68)/t30?,32?,33-,36-,37-,39?,43-,44-,46+/m0/s1. The summed E-state index contributed by atoms with van der Waals surface area (Å²) in [5, 5.41) is 16.6. The second kappa shape index (κ2) is 23.4. The van der Waals surface area contributed by atoms with E-state index in [1.54, 1.807) is 23.2 Å². The van der Waals surface area contributed by atoms with Crippen molar-refractivity contribution in [2.45, 2.75) is 192 Å². The number of rotatable bonds is 18. The van der Waals surface area contributed by atoms with Gasteiger partial charge < -0.3 is 31.5 Å². The number of Topliss-reactive ketones (excluding diaryl/α,β-unsaturated/α-hetero) is 1. The average molecular weight is 1010 g/mol. The number of aromatic nitrogens is 3. The SMILES string of the molecule is CCC[C@H](NC(=O)[C@@H]1[C@H]2CCC[C@H]2CN1C(=O)[C@@H](NC(=O)[C@@H](NC(=O)c1cnc(C2CCCC(Cc3cccc(C(=O)NC4CCC(=O)NC4=O)n3)C2)cn1)C1CCCCC1)C(C)(C)C)C(=O)C(=O)NC1CC1. The van der Waals surface area contributed by atoms with E-state index < -0.39 is 82.8 Å². The third kappa shape index (κ3) is 13.2. The Labute approximate surface area is 427 Å². The number of imide groups is 1. The van der Waals surface area contributed by atoms with Crippen molar-refractivity contribution in [3.05, 3.63) is 53.4 Å². The maximum absolute atomic E-state index is 14.9. The van der Waals surface area contributed by atoms with Crippen LogP contribution in [0.25, 0.3) is 0 Å². The van der Waals surface area contributed by atoms with Crippen LogP contribution >= 0.6 is 0 Å². The van der Waals surface area contributed by atoms with E-state index in [9.17, 15) is 43.2 Å². The zero-order valence-electron chi connectivity index (χ0n) is 42.8. The monoisotopic (exact) mass is 1010 g/mol. The molecule has 2 saturated heterocycles. The van der Waals surface area contributed by atoms with Gasteiger partial charge in [-0.3, -0.25) is 53.5 Å². The number of carbonyl (C=O) groups excluding carboxylic acids is 9. The first-order valence-electron chi connectivity index (χ1n) is 27.0. The molecular weight excluding hydrogens is 933 g/mol. The van der Waals surface area contributed by atoms with E-state index in [1.165, 1.54) is 6.20 Å². The van der Waals surface area contributed by atoms with Crippen LogP contribution in [0.5, 0.6) is 0 Å². The van der Waals surface area contributed by atoms with E-state index in [2.05, 4.69) is 41.9 Å². The molecule has 2 aromatic rings. The molecule has 0 spiro atoms. The molecule has 6 aliphatic rings. The molecule has 73 heavy (non-hydrogen) atoms. The zero-order chi connectivity index (χ0) is 52.0. The Morgan fingerprint density at radius 2 is 1.56 bits per heavy atom. The third-order valence-electron chi connectivity index (χ3n) is 16.1. The van der Waals surface area contributed by atoms with Crippen LogP contribution in [0, 0.1) is 29.1 Å². The van der Waals surface area contributed by atoms with Gasteiger partial charge in [0.25, 0.3) is 17.7 Å². The average Bonchev–Trinajstić information content (AvgIpc) is 3.94. The van der Waals surface area contributed by atoms with E-state index in [1.807, 2.05) is 33.8 Å². The first-order valence-corrected chi connectivity index (χ1v) is 27.0. The van der Waals surface area contributed by atoms with Crippen molar-refractivity contribution in [2.24, 2.45) is 29.1 Å². The molecule has 0 aromatic carbocycles. The number of hydrogen-bond acceptors (Lipinski definition) is 12. The number of ketones is 1. The number of nitrogens with zero attached hydrogens (tertiary/aromatic N) is 4. The molecule has 4 saturated carbocycles. The lowest BCUT2D eigenvalue weighted by molar-refractivity contribution is -0.146. The fourth-order valence-corrected chi connectivity index (χ4v) is 11.9. The summed E-state index contributed by atoms with van der Waals surface area (Å²) in [7, 11) is 0. The van der Waals surface area contributed by atoms with Gasteiger partial charge in [0.1, 0.15) is 35.6 Å². The molecule has 0 bridgehead atoms. The molecule has 394 valence electrons. The van der Waals surface area contributed by atoms with Crippen LogP contribution in [0.3, 0.4) is 0 Å². The molecule has 4 aliphatic carbocycles. The van der Waals surface area contributed by atoms with Crippen LogP contribution in [0.1, 0.15) is 182 Å². The zero-order valence-corrected chi connectivity index (χ0v) is 42.8. The van der Waals surface area contributed by atoms with Crippen molar-refractivity contribution in [3.8, 4) is 0 Å². The van der Waals surface area contributed by atoms with Gasteiger partial charge in [0.15, 0.2) is 0 Å². The molecule has 2 aromatic heterocycles. The van der Waals surface area contributed by atoms with Gasteiger partial charge in [-0.15, -0.1) is 0 Å². The van der Waals surface area contributed by atoms with E-state index in [4.69, 9.17) is 4.98 Å². The van der Waals surface area contributed by atoms with Crippen molar-refractivity contribution in [3.63, 3.8) is 0 Å². The number of piperidine rings is 1. The maximum Gasteiger partial charge on any atom is 0.289 e. The van der Waals surface area contributed by atoms with Gasteiger partial charge in [-0.1, -0.05) is 78.7 Å². The Hall–Kier alpha value is -6.14. The fourth-order valence-electron chi connectivity index (χ4n) is 11.9. The highest BCUT2D eigenvalue weighted by Crippen LogP contribution is 2.43. The number of carbonyl (C=O) groups is 9. The third-order valence-corrected chi connectivity index (χ3v) is 16.1. The number of amides is 8. The quantitative estimate of drug-likeness (QED) is 0.0918. The molecule has 8 amide bonds. The van der Waals surface area contributed by atoms with E-state index in [0.29, 0.717) is 32.2 Å². The predicted octanol–water partition coefficient (Wildman–Crippen LogP) is 3.89. The molecule has 19 heteroatoms. The molecule has 6 fully saturated rings. The van der Waals surface area contributed by atoms with Gasteiger partial charge in [0.2, 0.25) is 35.3 Å². The van der Waals surface area contributed by atoms with Crippen LogP contribution in [0.2, 0.25) is 0 Å². The van der Waals surface area contributed by atoms with E-state index in [-0.39, 0.29) is 72.2 Å². The summed E-state index contributed by atoms with van der Waals surface area (Å²) in [6.07, 6.45) is 16.9. The summed E-state index contributed by atoms with van der Waals surface area (Å²) < 4.78 is 0. The molecule has 9 atom stereocenters. The second-order valence-electron chi connectivity index (χ2n) is 22.7. The molecule has 6 N–H and O–H groups in total. The Morgan fingerprint density at radius 1 is 0.795 bits per heavy atom. The molecule has 3 unspecified atom stereocenters. The maximum atomic E-state index is 14.9. The van der Waals surface area contributed by atoms with Crippen molar-refractivity contribution in [1.82, 2.24) is 51.8 Å². The number of nitrogens with one attached hydrogen (secondary N) is 6. The molecule has 2 aliphatic heterocycles. The number of fused-ring (bicyclic) bond motifs is 1. The van der Waals surface area contributed by atoms with Gasteiger partial charge in [-0.25, -0.2) is 9.97 Å². The topological polar surface area (TPSA) is 268 Å². The Kier molecular flexibility index (Phi) is 17.0. The Morgan fingerprint density at radius 3 is 2.26 bits per heavy atom. The Balaban J connectivity index is 0.912. The number of likely N-dealkylation sites (tertiary alicyclic amines) is 1. The molecular formula is C54H74N10O9. The van der Waals surface area contributed by atoms with Gasteiger partial charge >= 0.3 is 0 Å². The van der Waals surface area contributed by atoms with Crippen molar-refractivity contribution >= 4 is 53.0 Å². The largest absolute Gasteiger partial charge is 0.347 e. The van der Waals surface area contributed by atoms with Crippen molar-refractivity contribution in [2.75, 3.05) is 6.54 Å². The number of hydrogen-bond donors (Lipinski definition) is 6. The Bertz CT molecular complexity index is 2410. The molecule has 4 heterocycles. The normalized spacial score (nSPS) is 25.6. The minimum absolute atomic E-state index is 0.0149. The summed E-state index contributed by atoms with van der Waals surface area (Å²) in [5.74, 6) is -4.58. The van der Waals surface area contributed by atoms with Crippen LogP contribution in [0.15, 0.2) is 30.6 Å². The fraction of sp³-hybridized carbons (Fsp3) is 0.667. The van der Waals surface area contributed by atoms with E-state index >= 15 is 0 Å². The predicted molar refractivity (Wildman–Crippen MR) is 267 cm³/mol. The lowest BCUT2D eigenvalue weighted by atomic mass is 9.78. The van der Waals surface area contributed by atoms with Crippen LogP contribution in [0.4, 0.5) is 0 Å². The molecule has 8 rings (SSSR count). The first-order chi connectivity index (χ1) is 35.0. The summed E-state index contributed by atoms with van der Waals surface area (Å²) in [6.45, 7) is 7.79. The smallest absolute Gasteiger partial charge is 0.289 e. The highest BCUT2D eigenvalue weighted by Gasteiger charge is 2.52. The van der Waals surface area contributed by atoms with Crippen molar-refractivity contribution < 1.29 is 43.2 Å². The van der Waals surface area contributed by atoms with Crippen LogP contribution < -0.4 is 31.9 Å². The van der Waals surface area contributed by atoms with Gasteiger partial charge in [-0.2, -0.15) is 0 Å². The van der Waals surface area contributed by atoms with Crippen LogP contribution in [-0.2, 0) is 40.0 Å².